The lowest BCUT2D eigenvalue weighted by molar-refractivity contribution is -0.437. The van der Waals surface area contributed by atoms with Crippen LogP contribution in [-0.2, 0) is 43.3 Å². The van der Waals surface area contributed by atoms with Crippen LogP contribution in [0, 0.1) is 5.41 Å². The second kappa shape index (κ2) is 13.6. The molecule has 0 aliphatic carbocycles. The van der Waals surface area contributed by atoms with E-state index in [1.54, 1.807) is 6.07 Å². The van der Waals surface area contributed by atoms with Crippen molar-refractivity contribution in [3.8, 4) is 5.75 Å². The molecule has 4 aliphatic rings. The molecule has 11 nitrogen and oxygen atoms in total. The summed E-state index contributed by atoms with van der Waals surface area (Å²) in [4.78, 5) is 13.7. The fraction of sp³-hybridized carbons (Fsp3) is 0.474. The fourth-order valence-corrected chi connectivity index (χ4v) is 8.97. The first-order chi connectivity index (χ1) is 23.9. The monoisotopic (exact) mass is 739 g/mol. The van der Waals surface area contributed by atoms with Gasteiger partial charge in [0.1, 0.15) is 18.1 Å². The van der Waals surface area contributed by atoms with Crippen molar-refractivity contribution < 1.29 is 45.2 Å². The Kier molecular flexibility index (Phi) is 9.90. The molecule has 1 atom stereocenters. The van der Waals surface area contributed by atoms with Crippen molar-refractivity contribution in [3.63, 3.8) is 0 Å². The van der Waals surface area contributed by atoms with Crippen LogP contribution in [-0.4, -0.2) is 72.7 Å². The smallest absolute Gasteiger partial charge is 0.303 e. The zero-order chi connectivity index (χ0) is 36.9. The third kappa shape index (κ3) is 7.58. The molecule has 0 saturated heterocycles. The van der Waals surface area contributed by atoms with E-state index in [9.17, 15) is 35.8 Å². The van der Waals surface area contributed by atoms with Crippen LogP contribution in [0.5, 0.6) is 5.75 Å². The number of aryl methyl sites for hydroxylation is 1. The van der Waals surface area contributed by atoms with Crippen molar-refractivity contribution in [2.45, 2.75) is 89.4 Å². The first-order valence-electron chi connectivity index (χ1n) is 17.5. The van der Waals surface area contributed by atoms with Crippen molar-refractivity contribution in [1.82, 2.24) is 0 Å². The number of allylic oxidation sites excluding steroid dienone is 6. The van der Waals surface area contributed by atoms with Crippen LogP contribution in [0.2, 0.25) is 0 Å². The molecule has 4 heterocycles. The average molecular weight is 740 g/mol. The number of nitrogens with zero attached hydrogens (tertiary/aromatic N) is 2. The minimum absolute atomic E-state index is 0.0786. The van der Waals surface area contributed by atoms with Crippen molar-refractivity contribution >= 4 is 48.9 Å². The Morgan fingerprint density at radius 2 is 1.78 bits per heavy atom. The zero-order valence-corrected chi connectivity index (χ0v) is 31.2. The van der Waals surface area contributed by atoms with Gasteiger partial charge in [-0.25, -0.2) is 0 Å². The Bertz CT molecular complexity index is 2120. The Labute approximate surface area is 300 Å². The molecular formula is C38H47N2O9S2+. The molecule has 2 aromatic carbocycles. The highest BCUT2D eigenvalue weighted by Gasteiger charge is 2.48. The van der Waals surface area contributed by atoms with Gasteiger partial charge in [0.2, 0.25) is 5.69 Å². The largest absolute Gasteiger partial charge is 0.481 e. The van der Waals surface area contributed by atoms with Crippen LogP contribution in [0.1, 0.15) is 88.5 Å². The van der Waals surface area contributed by atoms with Gasteiger partial charge < -0.3 is 14.7 Å². The number of aliphatic carboxylic acids is 1. The number of rotatable bonds is 11. The van der Waals surface area contributed by atoms with E-state index in [0.717, 1.165) is 61.4 Å². The summed E-state index contributed by atoms with van der Waals surface area (Å²) < 4.78 is 75.8. The number of anilines is 1. The summed E-state index contributed by atoms with van der Waals surface area (Å²) in [6.07, 6.45) is 12.6. The number of carboxylic acid groups (broad SMARTS) is 1. The van der Waals surface area contributed by atoms with E-state index in [1.165, 1.54) is 28.9 Å². The Morgan fingerprint density at radius 1 is 1.06 bits per heavy atom. The fourth-order valence-electron chi connectivity index (χ4n) is 7.97. The van der Waals surface area contributed by atoms with Crippen LogP contribution in [0.25, 0.3) is 5.57 Å². The third-order valence-corrected chi connectivity index (χ3v) is 12.1. The molecule has 2 aromatic rings. The molecule has 0 spiro atoms. The highest BCUT2D eigenvalue weighted by Crippen LogP contribution is 2.49. The highest BCUT2D eigenvalue weighted by atomic mass is 32.2. The van der Waals surface area contributed by atoms with E-state index in [2.05, 4.69) is 37.8 Å². The number of benzene rings is 2. The topological polar surface area (TPSA) is 162 Å². The number of hydrogen-bond acceptors (Lipinski definition) is 7. The molecule has 0 aromatic heterocycles. The van der Waals surface area contributed by atoms with Crippen LogP contribution in [0.15, 0.2) is 59.2 Å². The molecule has 274 valence electrons. The molecule has 0 fully saturated rings. The van der Waals surface area contributed by atoms with Crippen LogP contribution in [0.3, 0.4) is 0 Å². The lowest BCUT2D eigenvalue weighted by Crippen LogP contribution is -2.35. The second-order valence-corrected chi connectivity index (χ2v) is 18.2. The average Bonchev–Trinajstić information content (AvgIpc) is 3.26. The third-order valence-electron chi connectivity index (χ3n) is 10.4. The van der Waals surface area contributed by atoms with Gasteiger partial charge in [0.05, 0.1) is 16.1 Å². The molecular weight excluding hydrogens is 693 g/mol. The summed E-state index contributed by atoms with van der Waals surface area (Å²) in [5.41, 5.74) is 6.64. The van der Waals surface area contributed by atoms with Gasteiger partial charge in [-0.3, -0.25) is 13.9 Å². The minimum atomic E-state index is -4.55. The van der Waals surface area contributed by atoms with Crippen LogP contribution >= 0.6 is 0 Å². The van der Waals surface area contributed by atoms with E-state index in [4.69, 9.17) is 4.74 Å². The molecule has 13 heteroatoms. The minimum Gasteiger partial charge on any atom is -0.481 e. The maximum atomic E-state index is 12.2. The van der Waals surface area contributed by atoms with Gasteiger partial charge in [0.25, 0.3) is 20.2 Å². The molecule has 51 heavy (non-hydrogen) atoms. The van der Waals surface area contributed by atoms with Crippen molar-refractivity contribution in [2.24, 2.45) is 5.41 Å². The molecule has 4 aliphatic heterocycles. The maximum Gasteiger partial charge on any atom is 0.303 e. The summed E-state index contributed by atoms with van der Waals surface area (Å²) in [6.45, 7) is 10.5. The van der Waals surface area contributed by atoms with E-state index in [0.29, 0.717) is 23.4 Å². The van der Waals surface area contributed by atoms with Crippen LogP contribution in [0.4, 0.5) is 11.4 Å². The number of hydrogen-bond donors (Lipinski definition) is 3. The molecule has 3 N–H and O–H groups in total. The summed E-state index contributed by atoms with van der Waals surface area (Å²) in [7, 11) is -8.79. The van der Waals surface area contributed by atoms with Gasteiger partial charge in [-0.05, 0) is 80.9 Å². The normalized spacial score (nSPS) is 21.0. The lowest BCUT2D eigenvalue weighted by atomic mass is 9.75. The second-order valence-electron chi connectivity index (χ2n) is 15.2. The van der Waals surface area contributed by atoms with Gasteiger partial charge in [-0.1, -0.05) is 32.9 Å². The quantitative estimate of drug-likeness (QED) is 0.172. The van der Waals surface area contributed by atoms with E-state index < -0.39 is 37.4 Å². The first-order valence-corrected chi connectivity index (χ1v) is 20.6. The Hall–Kier alpha value is -3.78. The molecule has 1 unspecified atom stereocenters. The standard InChI is InChI=1S/C38H46N2O9S2/c1-37(2,3)33-23-25(29-22-26-11-7-18-39-19-8-12-28(35(26)39)36(29)49-33)10-5-13-32-38(4,17-6-14-34(41)42)30-24-27(51(46,47)48)15-16-31(30)40(32)20-9-21-50(43,44)45/h5,10,13,15-16,22-24H,6-9,11-12,14,17-21H2,1-4H3,(H2-,41,42,43,44,45,46,47,48)/p+1. The zero-order valence-electron chi connectivity index (χ0n) is 29.6. The summed E-state index contributed by atoms with van der Waals surface area (Å²) in [6, 6.07) is 6.54. The van der Waals surface area contributed by atoms with Crippen molar-refractivity contribution in [2.75, 3.05) is 30.3 Å². The Balaban J connectivity index is 1.49. The summed E-state index contributed by atoms with van der Waals surface area (Å²) in [5.74, 6) is 0.318. The molecule has 0 saturated carbocycles. The highest BCUT2D eigenvalue weighted by molar-refractivity contribution is 7.86. The number of fused-ring (bicyclic) bond motifs is 3. The predicted molar refractivity (Wildman–Crippen MR) is 197 cm³/mol. The maximum absolute atomic E-state index is 12.2. The predicted octanol–water partition coefficient (Wildman–Crippen LogP) is 6.48. The lowest BCUT2D eigenvalue weighted by Gasteiger charge is -2.40. The Morgan fingerprint density at radius 3 is 2.45 bits per heavy atom. The van der Waals surface area contributed by atoms with E-state index >= 15 is 0 Å². The van der Waals surface area contributed by atoms with E-state index in [1.807, 2.05) is 29.7 Å². The van der Waals surface area contributed by atoms with Crippen LogP contribution < -0.4 is 9.64 Å². The van der Waals surface area contributed by atoms with E-state index in [-0.39, 0.29) is 36.1 Å². The molecule has 6 rings (SSSR count). The van der Waals surface area contributed by atoms with Gasteiger partial charge in [-0.2, -0.15) is 21.4 Å². The van der Waals surface area contributed by atoms with Gasteiger partial charge in [-0.15, -0.1) is 0 Å². The van der Waals surface area contributed by atoms with Gasteiger partial charge >= 0.3 is 5.97 Å². The van der Waals surface area contributed by atoms with Crippen molar-refractivity contribution in [3.05, 3.63) is 76.6 Å². The molecule has 0 bridgehead atoms. The van der Waals surface area contributed by atoms with Crippen molar-refractivity contribution in [1.29, 1.82) is 0 Å². The molecule has 0 amide bonds. The number of carbonyl (C=O) groups is 1. The number of carboxylic acids is 1. The SMILES string of the molecule is CC(C)(C)C1=C/C(=C\C=C\C2=[N+](CCCS(=O)(=O)O)c3ccc(S(=O)(=O)O)cc3C2(C)CCCC(=O)O)c2cc3c4c(c2O1)CCCN4CCC3. The van der Waals surface area contributed by atoms with Gasteiger partial charge in [0, 0.05) is 65.9 Å². The number of ether oxygens (including phenoxy) is 1. The first kappa shape index (κ1) is 37.0. The summed E-state index contributed by atoms with van der Waals surface area (Å²) in [5, 5.41) is 9.45. The summed E-state index contributed by atoms with van der Waals surface area (Å²) >= 11 is 0. The molecule has 0 radical (unpaired) electrons. The van der Waals surface area contributed by atoms with Gasteiger partial charge in [0.15, 0.2) is 5.71 Å².